The van der Waals surface area contributed by atoms with Crippen LogP contribution >= 0.6 is 0 Å². The summed E-state index contributed by atoms with van der Waals surface area (Å²) in [5.41, 5.74) is 7.12. The Bertz CT molecular complexity index is 1160. The van der Waals surface area contributed by atoms with Gasteiger partial charge in [-0.15, -0.1) is 0 Å². The van der Waals surface area contributed by atoms with Crippen LogP contribution < -0.4 is 15.5 Å². The number of aromatic nitrogens is 4. The monoisotopic (exact) mass is 488 g/mol. The molecule has 3 N–H and O–H groups in total. The molecule has 0 spiro atoms. The lowest BCUT2D eigenvalue weighted by Crippen LogP contribution is -2.47. The normalized spacial score (nSPS) is 17.6. The number of nitrogen functional groups attached to an aromatic ring is 1. The fraction of sp³-hybridized carbons (Fsp3) is 0.522. The van der Waals surface area contributed by atoms with E-state index in [0.717, 1.165) is 39.1 Å². The predicted molar refractivity (Wildman–Crippen MR) is 129 cm³/mol. The number of morpholine rings is 1. The smallest absolute Gasteiger partial charge is 0.296 e. The van der Waals surface area contributed by atoms with E-state index < -0.39 is 12.2 Å². The van der Waals surface area contributed by atoms with Gasteiger partial charge in [0, 0.05) is 58.5 Å². The van der Waals surface area contributed by atoms with E-state index in [0.29, 0.717) is 54.7 Å². The topological polar surface area (TPSA) is 109 Å². The van der Waals surface area contributed by atoms with Crippen LogP contribution in [-0.4, -0.2) is 95.2 Å². The van der Waals surface area contributed by atoms with Gasteiger partial charge < -0.3 is 25.4 Å². The van der Waals surface area contributed by atoms with Gasteiger partial charge in [0.1, 0.15) is 17.2 Å². The number of fused-ring (bicyclic) bond motifs is 1. The Balaban J connectivity index is 1.57. The van der Waals surface area contributed by atoms with E-state index in [-0.39, 0.29) is 12.6 Å². The van der Waals surface area contributed by atoms with Gasteiger partial charge in [0.25, 0.3) is 6.43 Å². The Labute approximate surface area is 201 Å². The molecule has 0 bridgehead atoms. The summed E-state index contributed by atoms with van der Waals surface area (Å²) in [6.45, 7) is 6.63. The molecule has 35 heavy (non-hydrogen) atoms. The number of rotatable bonds is 7. The Kier molecular flexibility index (Phi) is 6.93. The summed E-state index contributed by atoms with van der Waals surface area (Å²) >= 11 is 0. The molecule has 0 radical (unpaired) electrons. The van der Waals surface area contributed by atoms with Crippen LogP contribution in [0.15, 0.2) is 24.3 Å². The van der Waals surface area contributed by atoms with Gasteiger partial charge in [-0.2, -0.15) is 9.97 Å². The first-order chi connectivity index (χ1) is 17.0. The second-order valence-electron chi connectivity index (χ2n) is 8.71. The summed E-state index contributed by atoms with van der Waals surface area (Å²) in [5.74, 6) is 1.07. The molecule has 188 valence electrons. The van der Waals surface area contributed by atoms with Crippen LogP contribution in [0.2, 0.25) is 0 Å². The first-order valence-corrected chi connectivity index (χ1v) is 11.9. The SMILES string of the molecule is Nc1cccc2c1nc(C(F)F)n2-c1nc(N2CCOCC2)cc(N2CCN(CCCO)CC2)n1. The van der Waals surface area contributed by atoms with Gasteiger partial charge in [0.2, 0.25) is 5.95 Å². The third kappa shape index (κ3) is 4.86. The summed E-state index contributed by atoms with van der Waals surface area (Å²) in [4.78, 5) is 20.2. The van der Waals surface area contributed by atoms with E-state index in [4.69, 9.17) is 25.5 Å². The molecule has 12 heteroatoms. The maximum atomic E-state index is 14.1. The summed E-state index contributed by atoms with van der Waals surface area (Å²) in [5, 5.41) is 9.12. The maximum absolute atomic E-state index is 14.1. The Morgan fingerprint density at radius 3 is 2.31 bits per heavy atom. The molecule has 2 aromatic heterocycles. The predicted octanol–water partition coefficient (Wildman–Crippen LogP) is 1.68. The number of anilines is 3. The van der Waals surface area contributed by atoms with Crippen molar-refractivity contribution in [3.05, 3.63) is 30.1 Å². The molecule has 0 aliphatic carbocycles. The average molecular weight is 489 g/mol. The quantitative estimate of drug-likeness (QED) is 0.480. The van der Waals surface area contributed by atoms with Crippen LogP contribution in [-0.2, 0) is 4.74 Å². The molecule has 0 unspecified atom stereocenters. The van der Waals surface area contributed by atoms with E-state index in [9.17, 15) is 8.78 Å². The molecule has 0 saturated carbocycles. The van der Waals surface area contributed by atoms with Crippen molar-refractivity contribution >= 4 is 28.4 Å². The van der Waals surface area contributed by atoms with Crippen molar-refractivity contribution in [3.8, 4) is 5.95 Å². The van der Waals surface area contributed by atoms with E-state index >= 15 is 0 Å². The van der Waals surface area contributed by atoms with Crippen molar-refractivity contribution in [1.29, 1.82) is 0 Å². The van der Waals surface area contributed by atoms with Gasteiger partial charge >= 0.3 is 0 Å². The molecule has 2 fully saturated rings. The third-order valence-electron chi connectivity index (χ3n) is 6.49. The van der Waals surface area contributed by atoms with Crippen LogP contribution in [0.4, 0.5) is 26.1 Å². The highest BCUT2D eigenvalue weighted by Crippen LogP contribution is 2.31. The highest BCUT2D eigenvalue weighted by Gasteiger charge is 2.26. The van der Waals surface area contributed by atoms with E-state index in [1.807, 2.05) is 6.07 Å². The zero-order valence-electron chi connectivity index (χ0n) is 19.5. The minimum atomic E-state index is -2.82. The number of nitrogens with zero attached hydrogens (tertiary/aromatic N) is 7. The van der Waals surface area contributed by atoms with Crippen molar-refractivity contribution in [1.82, 2.24) is 24.4 Å². The molecule has 2 saturated heterocycles. The fourth-order valence-electron chi connectivity index (χ4n) is 4.62. The summed E-state index contributed by atoms with van der Waals surface area (Å²) in [6.07, 6.45) is -2.08. The highest BCUT2D eigenvalue weighted by molar-refractivity contribution is 5.88. The molecule has 5 rings (SSSR count). The lowest BCUT2D eigenvalue weighted by molar-refractivity contribution is 0.122. The minimum Gasteiger partial charge on any atom is -0.397 e. The van der Waals surface area contributed by atoms with E-state index in [1.54, 1.807) is 18.2 Å². The Morgan fingerprint density at radius 1 is 0.971 bits per heavy atom. The molecule has 1 aromatic carbocycles. The van der Waals surface area contributed by atoms with E-state index in [1.165, 1.54) is 4.57 Å². The van der Waals surface area contributed by atoms with Gasteiger partial charge in [-0.1, -0.05) is 6.07 Å². The standard InChI is InChI=1S/C23H30F2N8O2/c24-21(25)22-29-20-16(26)3-1-4-17(20)33(22)23-27-18(15-19(28-23)32-10-13-35-14-11-32)31-8-6-30(7-9-31)5-2-12-34/h1,3-4,15,21,34H,2,5-14,26H2. The largest absolute Gasteiger partial charge is 0.397 e. The molecule has 0 amide bonds. The second kappa shape index (κ2) is 10.3. The molecule has 10 nitrogen and oxygen atoms in total. The van der Waals surface area contributed by atoms with Gasteiger partial charge in [-0.05, 0) is 18.6 Å². The molecule has 2 aliphatic rings. The van der Waals surface area contributed by atoms with Crippen molar-refractivity contribution in [2.24, 2.45) is 0 Å². The summed E-state index contributed by atoms with van der Waals surface area (Å²) < 4.78 is 35.0. The third-order valence-corrected chi connectivity index (χ3v) is 6.49. The van der Waals surface area contributed by atoms with Crippen molar-refractivity contribution < 1.29 is 18.6 Å². The Hall–Kier alpha value is -3.09. The molecule has 4 heterocycles. The Morgan fingerprint density at radius 2 is 1.66 bits per heavy atom. The number of halogens is 2. The average Bonchev–Trinajstić information content (AvgIpc) is 3.29. The second-order valence-corrected chi connectivity index (χ2v) is 8.71. The number of hydrogen-bond donors (Lipinski definition) is 2. The number of alkyl halides is 2. The van der Waals surface area contributed by atoms with Crippen molar-refractivity contribution in [2.75, 3.05) is 81.2 Å². The van der Waals surface area contributed by atoms with Crippen LogP contribution in [0, 0.1) is 0 Å². The first-order valence-electron chi connectivity index (χ1n) is 11.9. The van der Waals surface area contributed by atoms with Crippen LogP contribution in [0.1, 0.15) is 18.7 Å². The number of para-hydroxylation sites is 1. The number of benzene rings is 1. The first kappa shape index (κ1) is 23.6. The summed E-state index contributed by atoms with van der Waals surface area (Å²) in [6, 6.07) is 6.98. The van der Waals surface area contributed by atoms with Gasteiger partial charge in [-0.3, -0.25) is 9.47 Å². The van der Waals surface area contributed by atoms with Crippen LogP contribution in [0.3, 0.4) is 0 Å². The van der Waals surface area contributed by atoms with Crippen molar-refractivity contribution in [2.45, 2.75) is 12.8 Å². The number of aliphatic hydroxyl groups excluding tert-OH is 1. The van der Waals surface area contributed by atoms with E-state index in [2.05, 4.69) is 19.7 Å². The van der Waals surface area contributed by atoms with Gasteiger partial charge in [-0.25, -0.2) is 13.8 Å². The zero-order chi connectivity index (χ0) is 24.4. The van der Waals surface area contributed by atoms with Crippen LogP contribution in [0.25, 0.3) is 17.0 Å². The lowest BCUT2D eigenvalue weighted by atomic mass is 10.2. The number of aliphatic hydroxyl groups is 1. The number of ether oxygens (including phenoxy) is 1. The highest BCUT2D eigenvalue weighted by atomic mass is 19.3. The number of hydrogen-bond acceptors (Lipinski definition) is 9. The molecular formula is C23H30F2N8O2. The fourth-order valence-corrected chi connectivity index (χ4v) is 4.62. The number of piperazine rings is 1. The molecular weight excluding hydrogens is 458 g/mol. The zero-order valence-corrected chi connectivity index (χ0v) is 19.5. The number of imidazole rings is 1. The molecule has 0 atom stereocenters. The number of nitrogens with two attached hydrogens (primary N) is 1. The van der Waals surface area contributed by atoms with Crippen LogP contribution in [0.5, 0.6) is 0 Å². The maximum Gasteiger partial charge on any atom is 0.296 e. The minimum absolute atomic E-state index is 0.148. The van der Waals surface area contributed by atoms with Gasteiger partial charge in [0.05, 0.1) is 24.4 Å². The van der Waals surface area contributed by atoms with Crippen molar-refractivity contribution in [3.63, 3.8) is 0 Å². The molecule has 2 aliphatic heterocycles. The molecule has 3 aromatic rings. The summed E-state index contributed by atoms with van der Waals surface area (Å²) in [7, 11) is 0. The lowest BCUT2D eigenvalue weighted by Gasteiger charge is -2.36. The van der Waals surface area contributed by atoms with Gasteiger partial charge in [0.15, 0.2) is 5.82 Å².